The van der Waals surface area contributed by atoms with Crippen molar-refractivity contribution in [3.8, 4) is 44.5 Å². The molecule has 0 N–H and O–H groups in total. The van der Waals surface area contributed by atoms with Crippen molar-refractivity contribution in [1.29, 1.82) is 0 Å². The van der Waals surface area contributed by atoms with Gasteiger partial charge in [-0.05, 0) is 297 Å². The van der Waals surface area contributed by atoms with Crippen LogP contribution >= 0.6 is 0 Å². The molecule has 0 saturated carbocycles. The summed E-state index contributed by atoms with van der Waals surface area (Å²) in [6.45, 7) is 17.2. The molecular weight excluding hydrogens is 1490 g/mol. The number of para-hydroxylation sites is 4. The number of nitrogens with zero attached hydrogens (tertiary/aromatic N) is 4. The van der Waals surface area contributed by atoms with Gasteiger partial charge in [0.1, 0.15) is 11.2 Å². The zero-order valence-electron chi connectivity index (χ0n) is 69.2. The number of benzene rings is 18. The normalized spacial score (nSPS) is 14.1. The molecule has 1 aromatic heterocycles. The molecule has 5 nitrogen and oxygen atoms in total. The molecule has 2 unspecified atom stereocenters. The zero-order valence-corrected chi connectivity index (χ0v) is 69.2. The fourth-order valence-corrected chi connectivity index (χ4v) is 19.7. The summed E-state index contributed by atoms with van der Waals surface area (Å²) in [5.41, 5.74) is 39.8. The minimum absolute atomic E-state index is 0.589. The largest absolute Gasteiger partial charge is 0.456 e. The lowest BCUT2D eigenvalue weighted by Gasteiger charge is -2.36. The molecule has 5 heteroatoms. The monoisotopic (exact) mass is 1580 g/mol. The van der Waals surface area contributed by atoms with E-state index in [1.807, 2.05) is 12.2 Å². The second kappa shape index (κ2) is 31.0. The Bertz CT molecular complexity index is 6790. The highest BCUT2D eigenvalue weighted by molar-refractivity contribution is 6.08. The summed E-state index contributed by atoms with van der Waals surface area (Å²) in [6, 6.07) is 156. The number of hydrogen-bond acceptors (Lipinski definition) is 5. The number of furan rings is 1. The van der Waals surface area contributed by atoms with E-state index in [-0.39, 0.29) is 0 Å². The Hall–Kier alpha value is -15.6. The van der Waals surface area contributed by atoms with E-state index in [0.717, 1.165) is 124 Å². The van der Waals surface area contributed by atoms with Crippen molar-refractivity contribution in [2.45, 2.75) is 38.5 Å². The van der Waals surface area contributed by atoms with Crippen LogP contribution in [0.2, 0.25) is 0 Å². The number of hydrogen-bond donors (Lipinski definition) is 0. The maximum atomic E-state index is 6.74. The maximum absolute atomic E-state index is 6.74. The summed E-state index contributed by atoms with van der Waals surface area (Å²) >= 11 is 0. The molecule has 2 aliphatic carbocycles. The standard InChI is InChI=1S/C118H88N4O/c1-7-83-41-53-89(54-42-83)117(111-73-79(3)37-39-81(111)5)109-35-23-21-33-103(109)105-69-65-101(77-113(105)117)121(93-29-17-11-18-30-93)97-61-49-87(50-62-97)85-45-57-95(58-46-85)119(91-25-13-9-14-26-91)99-67-71-115-107(75-99)108-76-100(68-72-116(108)123-115)120(92-27-15-10-16-28-92)96-59-47-86(48-60-96)88-51-63-98(64-52-88)122(94-31-19-12-20-32-94)102-66-70-106-104-34-22-24-36-110(104)118(114(106)78-102,90-55-43-84(8-2)44-56-90)112-74-80(4)38-40-82(112)6/h7-78H,1-2H2,3-6H3. The molecule has 21 rings (SSSR count). The fraction of sp³-hybridized carbons (Fsp3) is 0.0508. The number of rotatable bonds is 20. The van der Waals surface area contributed by atoms with E-state index in [2.05, 4.69) is 485 Å². The molecule has 1 heterocycles. The Balaban J connectivity index is 0.584. The Morgan fingerprint density at radius 3 is 0.805 bits per heavy atom. The summed E-state index contributed by atoms with van der Waals surface area (Å²) in [6.07, 6.45) is 3.86. The second-order valence-corrected chi connectivity index (χ2v) is 32.7. The average molecular weight is 1580 g/mol. The van der Waals surface area contributed by atoms with Gasteiger partial charge in [-0.1, -0.05) is 303 Å². The third-order valence-corrected chi connectivity index (χ3v) is 25.5. The van der Waals surface area contributed by atoms with Crippen LogP contribution in [0.3, 0.4) is 0 Å². The van der Waals surface area contributed by atoms with Crippen LogP contribution in [0.1, 0.15) is 77.9 Å². The van der Waals surface area contributed by atoms with E-state index in [4.69, 9.17) is 4.42 Å². The van der Waals surface area contributed by atoms with Crippen molar-refractivity contribution in [2.75, 3.05) is 19.6 Å². The molecule has 0 bridgehead atoms. The summed E-state index contributed by atoms with van der Waals surface area (Å²) < 4.78 is 6.74. The van der Waals surface area contributed by atoms with Crippen molar-refractivity contribution >= 4 is 102 Å². The molecule has 0 saturated heterocycles. The number of aryl methyl sites for hydroxylation is 4. The van der Waals surface area contributed by atoms with Crippen LogP contribution in [0.5, 0.6) is 0 Å². The van der Waals surface area contributed by atoms with Crippen LogP contribution in [0, 0.1) is 27.7 Å². The topological polar surface area (TPSA) is 26.1 Å². The van der Waals surface area contributed by atoms with Gasteiger partial charge < -0.3 is 24.0 Å². The highest BCUT2D eigenvalue weighted by atomic mass is 16.3. The van der Waals surface area contributed by atoms with Crippen LogP contribution < -0.4 is 19.6 Å². The molecule has 0 amide bonds. The lowest BCUT2D eigenvalue weighted by atomic mass is 9.66. The van der Waals surface area contributed by atoms with Crippen LogP contribution in [0.4, 0.5) is 68.2 Å². The molecular formula is C118H88N4O. The third kappa shape index (κ3) is 12.9. The molecule has 0 spiro atoms. The van der Waals surface area contributed by atoms with Gasteiger partial charge >= 0.3 is 0 Å². The molecule has 2 atom stereocenters. The molecule has 18 aromatic carbocycles. The van der Waals surface area contributed by atoms with Gasteiger partial charge in [0.05, 0.1) is 10.8 Å². The van der Waals surface area contributed by atoms with E-state index < -0.39 is 10.8 Å². The molecule has 0 fully saturated rings. The van der Waals surface area contributed by atoms with Crippen LogP contribution in [-0.4, -0.2) is 0 Å². The molecule has 2 aliphatic rings. The van der Waals surface area contributed by atoms with Crippen molar-refractivity contribution in [3.05, 3.63) is 516 Å². The predicted molar refractivity (Wildman–Crippen MR) is 517 cm³/mol. The van der Waals surface area contributed by atoms with Crippen LogP contribution in [0.25, 0.3) is 78.6 Å². The van der Waals surface area contributed by atoms with Crippen LogP contribution in [0.15, 0.2) is 442 Å². The maximum Gasteiger partial charge on any atom is 0.135 e. The molecule has 123 heavy (non-hydrogen) atoms. The first-order valence-corrected chi connectivity index (χ1v) is 42.4. The highest BCUT2D eigenvalue weighted by Crippen LogP contribution is 2.61. The Morgan fingerprint density at radius 2 is 0.488 bits per heavy atom. The van der Waals surface area contributed by atoms with Gasteiger partial charge in [-0.2, -0.15) is 0 Å². The summed E-state index contributed by atoms with van der Waals surface area (Å²) in [5.74, 6) is 0. The summed E-state index contributed by atoms with van der Waals surface area (Å²) in [4.78, 5) is 9.48. The van der Waals surface area contributed by atoms with E-state index >= 15 is 0 Å². The van der Waals surface area contributed by atoms with E-state index in [9.17, 15) is 0 Å². The molecule has 0 aliphatic heterocycles. The first-order chi connectivity index (χ1) is 60.5. The van der Waals surface area contributed by atoms with E-state index in [1.54, 1.807) is 0 Å². The molecule has 0 radical (unpaired) electrons. The quantitative estimate of drug-likeness (QED) is 0.0758. The lowest BCUT2D eigenvalue weighted by Crippen LogP contribution is -2.30. The second-order valence-electron chi connectivity index (χ2n) is 32.7. The van der Waals surface area contributed by atoms with Crippen molar-refractivity contribution in [3.63, 3.8) is 0 Å². The predicted octanol–water partition coefficient (Wildman–Crippen LogP) is 32.0. The van der Waals surface area contributed by atoms with Crippen molar-refractivity contribution < 1.29 is 4.42 Å². The smallest absolute Gasteiger partial charge is 0.135 e. The van der Waals surface area contributed by atoms with Gasteiger partial charge in [0, 0.05) is 79.0 Å². The van der Waals surface area contributed by atoms with Gasteiger partial charge in [-0.15, -0.1) is 0 Å². The minimum atomic E-state index is -0.589. The number of fused-ring (bicyclic) bond motifs is 9. The first kappa shape index (κ1) is 74.9. The Labute approximate surface area is 720 Å². The number of anilines is 12. The van der Waals surface area contributed by atoms with Gasteiger partial charge in [-0.25, -0.2) is 0 Å². The van der Waals surface area contributed by atoms with Gasteiger partial charge in [0.25, 0.3) is 0 Å². The minimum Gasteiger partial charge on any atom is -0.456 e. The lowest BCUT2D eigenvalue weighted by molar-refractivity contribution is 0.669. The zero-order chi connectivity index (χ0) is 82.9. The molecule has 19 aromatic rings. The summed E-state index contributed by atoms with van der Waals surface area (Å²) in [7, 11) is 0. The average Bonchev–Trinajstić information content (AvgIpc) is 1.54. The fourth-order valence-electron chi connectivity index (χ4n) is 19.7. The van der Waals surface area contributed by atoms with Crippen molar-refractivity contribution in [1.82, 2.24) is 0 Å². The van der Waals surface area contributed by atoms with Gasteiger partial charge in [-0.3, -0.25) is 0 Å². The highest BCUT2D eigenvalue weighted by Gasteiger charge is 2.49. The molecule has 586 valence electrons. The first-order valence-electron chi connectivity index (χ1n) is 42.4. The Morgan fingerprint density at radius 1 is 0.220 bits per heavy atom. The van der Waals surface area contributed by atoms with Crippen LogP contribution in [-0.2, 0) is 10.8 Å². The van der Waals surface area contributed by atoms with Gasteiger partial charge in [0.15, 0.2) is 0 Å². The van der Waals surface area contributed by atoms with Gasteiger partial charge in [0.2, 0.25) is 0 Å². The Kier molecular flexibility index (Phi) is 18.9. The van der Waals surface area contributed by atoms with E-state index in [0.29, 0.717) is 0 Å². The third-order valence-electron chi connectivity index (χ3n) is 25.5. The van der Waals surface area contributed by atoms with E-state index in [1.165, 1.54) is 89.0 Å². The summed E-state index contributed by atoms with van der Waals surface area (Å²) in [5, 5.41) is 2.05. The SMILES string of the molecule is C=Cc1ccc(C2(c3cc(C)ccc3C)c3ccccc3-c3ccc(N(c4ccccc4)c4ccc(-c5ccc(N(c6ccccc6)c6ccc7oc8ccc(N(c9ccccc9)c9ccc(-c%10ccc(N(c%11ccccc%11)c%11ccc%12c(c%11)C(c%11ccc(C=C)cc%11)(c%11cc(C)ccc%11C)c%11ccccc%11-%12)cc%10)cc9)cc8c7c6)cc5)cc4)cc32)cc1. The van der Waals surface area contributed by atoms with Crippen molar-refractivity contribution in [2.24, 2.45) is 0 Å².